The molecule has 0 atom stereocenters. The van der Waals surface area contributed by atoms with Crippen LogP contribution >= 0.6 is 0 Å². The highest BCUT2D eigenvalue weighted by atomic mass is 35.5. The van der Waals surface area contributed by atoms with Crippen molar-refractivity contribution in [2.24, 2.45) is 11.7 Å². The summed E-state index contributed by atoms with van der Waals surface area (Å²) >= 11 is 0. The molecule has 2 aromatic carbocycles. The van der Waals surface area contributed by atoms with Crippen LogP contribution in [0.4, 0.5) is 0 Å². The highest BCUT2D eigenvalue weighted by Crippen LogP contribution is 2.24. The largest absolute Gasteiger partial charge is 1.00 e. The number of nitrogens with two attached hydrogens (primary N) is 2. The summed E-state index contributed by atoms with van der Waals surface area (Å²) in [5, 5.41) is 2.36. The van der Waals surface area contributed by atoms with E-state index < -0.39 is 0 Å². The fraction of sp³-hybridized carbons (Fsp3) is 0.350. The van der Waals surface area contributed by atoms with Gasteiger partial charge in [-0.15, -0.1) is 0 Å². The zero-order valence-corrected chi connectivity index (χ0v) is 17.6. The van der Waals surface area contributed by atoms with Gasteiger partial charge in [-0.05, 0) is 48.1 Å². The normalized spacial score (nSPS) is 9.69. The van der Waals surface area contributed by atoms with Gasteiger partial charge in [0.2, 0.25) is 5.91 Å². The first-order valence-corrected chi connectivity index (χ1v) is 8.29. The number of hydrogen-bond donors (Lipinski definition) is 3. The van der Waals surface area contributed by atoms with Crippen molar-refractivity contribution in [3.8, 4) is 11.1 Å². The van der Waals surface area contributed by atoms with Crippen molar-refractivity contribution in [1.82, 2.24) is 6.15 Å². The molecule has 0 fully saturated rings. The van der Waals surface area contributed by atoms with Gasteiger partial charge in [0, 0.05) is 11.1 Å². The molecule has 4 nitrogen and oxygen atoms in total. The Hall–Kier alpha value is -1.59. The van der Waals surface area contributed by atoms with Crippen LogP contribution in [-0.4, -0.2) is 12.5 Å². The van der Waals surface area contributed by atoms with E-state index in [9.17, 15) is 4.79 Å². The molecule has 26 heavy (non-hydrogen) atoms. The van der Waals surface area contributed by atoms with Crippen molar-refractivity contribution >= 4 is 5.91 Å². The van der Waals surface area contributed by atoms with Crippen molar-refractivity contribution in [2.45, 2.75) is 33.7 Å². The van der Waals surface area contributed by atoms with Gasteiger partial charge >= 0.3 is 0 Å². The predicted molar refractivity (Wildman–Crippen MR) is 101 cm³/mol. The molecular weight excluding hydrogens is 369 g/mol. The number of primary amides is 1. The second-order valence-corrected chi connectivity index (χ2v) is 6.55. The van der Waals surface area contributed by atoms with Crippen LogP contribution < -0.4 is 42.0 Å². The second kappa shape index (κ2) is 12.7. The van der Waals surface area contributed by atoms with Crippen LogP contribution in [-0.2, 0) is 6.54 Å². The molecule has 0 aromatic heterocycles. The highest BCUT2D eigenvalue weighted by molar-refractivity contribution is 5.93. The minimum atomic E-state index is -0.382. The van der Waals surface area contributed by atoms with E-state index in [0.717, 1.165) is 23.6 Å². The lowest BCUT2D eigenvalue weighted by atomic mass is 9.97. The number of benzene rings is 2. The predicted octanol–water partition coefficient (Wildman–Crippen LogP) is -2.75. The maximum Gasteiger partial charge on any atom is 0.248 e. The van der Waals surface area contributed by atoms with Crippen molar-refractivity contribution in [2.75, 3.05) is 6.54 Å². The van der Waals surface area contributed by atoms with Crippen molar-refractivity contribution in [3.05, 3.63) is 59.2 Å². The highest BCUT2D eigenvalue weighted by Gasteiger charge is 2.06. The van der Waals surface area contributed by atoms with E-state index in [1.807, 2.05) is 19.1 Å². The lowest BCUT2D eigenvalue weighted by Gasteiger charge is -2.09. The zero-order valence-electron chi connectivity index (χ0n) is 16.1. The number of aryl methyl sites for hydroxylation is 1. The molecule has 6 heteroatoms. The van der Waals surface area contributed by atoms with Crippen LogP contribution in [0.15, 0.2) is 42.5 Å². The van der Waals surface area contributed by atoms with Gasteiger partial charge in [-0.25, -0.2) is 0 Å². The van der Waals surface area contributed by atoms with E-state index in [1.165, 1.54) is 24.1 Å². The van der Waals surface area contributed by atoms with Gasteiger partial charge in [0.1, 0.15) is 6.54 Å². The van der Waals surface area contributed by atoms with E-state index in [-0.39, 0.29) is 36.9 Å². The molecule has 0 spiro atoms. The van der Waals surface area contributed by atoms with Crippen molar-refractivity contribution in [1.29, 1.82) is 0 Å². The van der Waals surface area contributed by atoms with Crippen LogP contribution in [0.1, 0.15) is 41.8 Å². The Balaban J connectivity index is 0. The Labute approximate surface area is 169 Å². The number of hydrogen-bond acceptors (Lipinski definition) is 1. The van der Waals surface area contributed by atoms with Crippen LogP contribution in [0.2, 0.25) is 0 Å². The molecule has 8 N–H and O–H groups in total. The number of quaternary nitrogens is 2. The van der Waals surface area contributed by atoms with Gasteiger partial charge < -0.3 is 42.0 Å². The van der Waals surface area contributed by atoms with Gasteiger partial charge in [0.05, 0.1) is 6.54 Å². The molecule has 0 unspecified atom stereocenters. The summed E-state index contributed by atoms with van der Waals surface area (Å²) < 4.78 is 0. The molecular formula is C20H31Cl2N3O. The first-order chi connectivity index (χ1) is 11.0. The number of amides is 1. The average molecular weight is 400 g/mol. The van der Waals surface area contributed by atoms with E-state index in [1.54, 1.807) is 6.07 Å². The molecule has 0 bridgehead atoms. The quantitative estimate of drug-likeness (QED) is 0.432. The summed E-state index contributed by atoms with van der Waals surface area (Å²) in [5.74, 6) is 0.381. The summed E-state index contributed by atoms with van der Waals surface area (Å²) in [7, 11) is 0. The summed E-state index contributed by atoms with van der Waals surface area (Å²) in [6.45, 7) is 8.72. The minimum Gasteiger partial charge on any atom is -1.00 e. The van der Waals surface area contributed by atoms with Gasteiger partial charge in [-0.2, -0.15) is 0 Å². The summed E-state index contributed by atoms with van der Waals surface area (Å²) in [6, 6.07) is 14.3. The second-order valence-electron chi connectivity index (χ2n) is 6.55. The Morgan fingerprint density at radius 3 is 2.19 bits per heavy atom. The smallest absolute Gasteiger partial charge is 0.248 e. The molecule has 0 aliphatic heterocycles. The molecule has 0 heterocycles. The summed E-state index contributed by atoms with van der Waals surface area (Å²) in [6.07, 6.45) is 1.25. The number of rotatable bonds is 7. The molecule has 1 amide bonds. The molecule has 146 valence electrons. The van der Waals surface area contributed by atoms with Crippen molar-refractivity contribution < 1.29 is 34.9 Å². The third-order valence-corrected chi connectivity index (χ3v) is 4.10. The first kappa shape index (κ1) is 26.6. The third-order valence-electron chi connectivity index (χ3n) is 4.10. The number of halogens is 2. The molecule has 0 saturated carbocycles. The monoisotopic (exact) mass is 399 g/mol. The molecule has 0 radical (unpaired) electrons. The molecule has 2 aromatic rings. The minimum absolute atomic E-state index is 0. The molecule has 0 aliphatic rings. The topological polar surface area (TPSA) is 96.2 Å². The van der Waals surface area contributed by atoms with E-state index in [4.69, 9.17) is 5.73 Å². The van der Waals surface area contributed by atoms with Crippen molar-refractivity contribution in [3.63, 3.8) is 0 Å². The van der Waals surface area contributed by atoms with E-state index in [0.29, 0.717) is 5.56 Å². The zero-order chi connectivity index (χ0) is 16.8. The van der Waals surface area contributed by atoms with Gasteiger partial charge in [0.15, 0.2) is 0 Å². The van der Waals surface area contributed by atoms with E-state index >= 15 is 0 Å². The molecule has 2 rings (SSSR count). The fourth-order valence-corrected chi connectivity index (χ4v) is 2.68. The Kier molecular flexibility index (Phi) is 13.0. The van der Waals surface area contributed by atoms with Gasteiger partial charge in [-0.1, -0.05) is 44.2 Å². The Morgan fingerprint density at radius 1 is 1.08 bits per heavy atom. The van der Waals surface area contributed by atoms with Gasteiger partial charge in [0.25, 0.3) is 0 Å². The average Bonchev–Trinajstić information content (AvgIpc) is 2.52. The molecule has 0 aliphatic carbocycles. The summed E-state index contributed by atoms with van der Waals surface area (Å²) in [4.78, 5) is 11.2. The standard InChI is InChI=1S/C20H26N2O.2ClH.H3N/c1-14(2)10-11-22-13-16-4-6-17(7-5-16)19-9-8-18(20(21)23)12-15(19)3;;;/h4-9,12,14,22H,10-11,13H2,1-3H3,(H2,21,23);2*1H;1H3. The lowest BCUT2D eigenvalue weighted by molar-refractivity contribution is -0.671. The van der Waals surface area contributed by atoms with E-state index in [2.05, 4.69) is 43.4 Å². The first-order valence-electron chi connectivity index (χ1n) is 8.29. The Morgan fingerprint density at radius 2 is 1.69 bits per heavy atom. The Bertz CT molecular complexity index is 673. The van der Waals surface area contributed by atoms with Crippen LogP contribution in [0.25, 0.3) is 11.1 Å². The number of carbonyl (C=O) groups excluding carboxylic acids is 1. The van der Waals surface area contributed by atoms with Crippen LogP contribution in [0.5, 0.6) is 0 Å². The molecule has 0 saturated heterocycles. The lowest BCUT2D eigenvalue weighted by Crippen LogP contribution is -3.00. The SMILES string of the molecule is Cc1cc(C(N)=O)ccc1-c1ccc(C[NH2+]CCC(C)C)cc1.[Cl-].[Cl-].[NH4+]. The van der Waals surface area contributed by atoms with Crippen LogP contribution in [0, 0.1) is 12.8 Å². The van der Waals surface area contributed by atoms with Gasteiger partial charge in [-0.3, -0.25) is 4.79 Å². The number of carbonyl (C=O) groups is 1. The maximum absolute atomic E-state index is 11.2. The summed E-state index contributed by atoms with van der Waals surface area (Å²) in [5.41, 5.74) is 10.6. The maximum atomic E-state index is 11.2. The fourth-order valence-electron chi connectivity index (χ4n) is 2.68. The third kappa shape index (κ3) is 7.75. The van der Waals surface area contributed by atoms with Crippen LogP contribution in [0.3, 0.4) is 0 Å².